The van der Waals surface area contributed by atoms with Crippen LogP contribution in [0.4, 0.5) is 5.95 Å². The van der Waals surface area contributed by atoms with E-state index in [1.807, 2.05) is 61.5 Å². The van der Waals surface area contributed by atoms with Crippen LogP contribution in [0.15, 0.2) is 54.6 Å². The van der Waals surface area contributed by atoms with Crippen molar-refractivity contribution in [1.29, 1.82) is 0 Å². The van der Waals surface area contributed by atoms with Crippen molar-refractivity contribution in [3.05, 3.63) is 60.2 Å². The summed E-state index contributed by atoms with van der Waals surface area (Å²) in [6.45, 7) is 1.99. The average Bonchev–Trinajstić information content (AvgIpc) is 3.17. The fourth-order valence-corrected chi connectivity index (χ4v) is 3.03. The molecule has 6 heteroatoms. The van der Waals surface area contributed by atoms with E-state index < -0.39 is 6.10 Å². The Morgan fingerprint density at radius 3 is 2.60 bits per heavy atom. The quantitative estimate of drug-likeness (QED) is 0.799. The molecule has 6 nitrogen and oxygen atoms in total. The first-order chi connectivity index (χ1) is 12.1. The molecule has 4 rings (SSSR count). The van der Waals surface area contributed by atoms with Gasteiger partial charge in [0.15, 0.2) is 11.9 Å². The van der Waals surface area contributed by atoms with Crippen molar-refractivity contribution in [1.82, 2.24) is 14.8 Å². The number of carbonyl (C=O) groups excluding carboxylic acids is 1. The summed E-state index contributed by atoms with van der Waals surface area (Å²) < 4.78 is 7.38. The lowest BCUT2D eigenvalue weighted by molar-refractivity contribution is -0.122. The standard InChI is InChI=1S/C19H18N4O2/c1-12-14-10-6-7-11-15(14)25-16(12)18(24)21-19-20-17(22-23(19)2)13-8-4-3-5-9-13/h3-12,16H,1-2H3,(H,20,21,22,24)/t12-,16-/m1/s1. The molecule has 126 valence electrons. The maximum absolute atomic E-state index is 12.7. The van der Waals surface area contributed by atoms with Crippen LogP contribution in [-0.4, -0.2) is 26.8 Å². The number of anilines is 1. The van der Waals surface area contributed by atoms with Crippen molar-refractivity contribution < 1.29 is 9.53 Å². The number of nitrogens with zero attached hydrogens (tertiary/aromatic N) is 3. The van der Waals surface area contributed by atoms with Gasteiger partial charge in [0, 0.05) is 24.1 Å². The zero-order chi connectivity index (χ0) is 17.4. The third-order valence-electron chi connectivity index (χ3n) is 4.41. The predicted octanol–water partition coefficient (Wildman–Crippen LogP) is 2.99. The summed E-state index contributed by atoms with van der Waals surface area (Å²) >= 11 is 0. The lowest BCUT2D eigenvalue weighted by Gasteiger charge is -2.14. The van der Waals surface area contributed by atoms with Gasteiger partial charge in [-0.05, 0) is 6.07 Å². The van der Waals surface area contributed by atoms with Crippen LogP contribution in [0.25, 0.3) is 11.4 Å². The summed E-state index contributed by atoms with van der Waals surface area (Å²) in [4.78, 5) is 17.1. The Labute approximate surface area is 145 Å². The molecule has 1 N–H and O–H groups in total. The van der Waals surface area contributed by atoms with Gasteiger partial charge in [-0.1, -0.05) is 55.5 Å². The van der Waals surface area contributed by atoms with E-state index in [9.17, 15) is 4.79 Å². The molecule has 2 aromatic carbocycles. The van der Waals surface area contributed by atoms with Crippen molar-refractivity contribution in [2.24, 2.45) is 7.05 Å². The fourth-order valence-electron chi connectivity index (χ4n) is 3.03. The van der Waals surface area contributed by atoms with Crippen LogP contribution >= 0.6 is 0 Å². The molecule has 1 aromatic heterocycles. The molecule has 0 radical (unpaired) electrons. The van der Waals surface area contributed by atoms with E-state index in [1.165, 1.54) is 0 Å². The highest BCUT2D eigenvalue weighted by Crippen LogP contribution is 2.37. The Kier molecular flexibility index (Phi) is 3.72. The number of hydrogen-bond acceptors (Lipinski definition) is 4. The summed E-state index contributed by atoms with van der Waals surface area (Å²) in [6.07, 6.45) is -0.575. The highest BCUT2D eigenvalue weighted by molar-refractivity contribution is 5.94. The first-order valence-corrected chi connectivity index (χ1v) is 8.16. The number of benzene rings is 2. The van der Waals surface area contributed by atoms with Crippen molar-refractivity contribution in [3.63, 3.8) is 0 Å². The van der Waals surface area contributed by atoms with Gasteiger partial charge in [0.1, 0.15) is 5.75 Å². The van der Waals surface area contributed by atoms with Gasteiger partial charge in [-0.25, -0.2) is 4.68 Å². The number of rotatable bonds is 3. The maximum atomic E-state index is 12.7. The van der Waals surface area contributed by atoms with E-state index in [4.69, 9.17) is 4.74 Å². The zero-order valence-electron chi connectivity index (χ0n) is 14.0. The van der Waals surface area contributed by atoms with Crippen LogP contribution in [0.5, 0.6) is 5.75 Å². The van der Waals surface area contributed by atoms with E-state index in [-0.39, 0.29) is 11.8 Å². The molecule has 2 atom stereocenters. The molecule has 1 amide bonds. The topological polar surface area (TPSA) is 69.0 Å². The largest absolute Gasteiger partial charge is 0.480 e. The van der Waals surface area contributed by atoms with E-state index >= 15 is 0 Å². The second-order valence-corrected chi connectivity index (χ2v) is 6.10. The van der Waals surface area contributed by atoms with Gasteiger partial charge in [0.2, 0.25) is 5.95 Å². The van der Waals surface area contributed by atoms with Crippen LogP contribution in [0.1, 0.15) is 18.4 Å². The van der Waals surface area contributed by atoms with Gasteiger partial charge in [0.25, 0.3) is 5.91 Å². The van der Waals surface area contributed by atoms with Crippen molar-refractivity contribution >= 4 is 11.9 Å². The molecule has 1 aliphatic rings. The first kappa shape index (κ1) is 15.4. The van der Waals surface area contributed by atoms with Gasteiger partial charge in [0.05, 0.1) is 0 Å². The third kappa shape index (κ3) is 2.76. The lowest BCUT2D eigenvalue weighted by atomic mass is 9.97. The number of hydrogen-bond donors (Lipinski definition) is 1. The summed E-state index contributed by atoms with van der Waals surface area (Å²) in [5.41, 5.74) is 1.95. The first-order valence-electron chi connectivity index (χ1n) is 8.16. The molecule has 0 saturated carbocycles. The Balaban J connectivity index is 1.54. The maximum Gasteiger partial charge on any atom is 0.268 e. The van der Waals surface area contributed by atoms with E-state index in [0.717, 1.165) is 16.9 Å². The minimum absolute atomic E-state index is 0.0157. The second kappa shape index (κ2) is 6.05. The molecule has 1 aliphatic heterocycles. The number of aromatic nitrogens is 3. The molecular formula is C19H18N4O2. The number of nitrogens with one attached hydrogen (secondary N) is 1. The number of carbonyl (C=O) groups is 1. The number of para-hydroxylation sites is 1. The van der Waals surface area contributed by atoms with Crippen molar-refractivity contribution in [2.45, 2.75) is 18.9 Å². The minimum Gasteiger partial charge on any atom is -0.480 e. The average molecular weight is 334 g/mol. The fraction of sp³-hybridized carbons (Fsp3) is 0.211. The third-order valence-corrected chi connectivity index (χ3v) is 4.41. The molecule has 0 bridgehead atoms. The predicted molar refractivity (Wildman–Crippen MR) is 94.3 cm³/mol. The Bertz CT molecular complexity index is 920. The Morgan fingerprint density at radius 2 is 1.84 bits per heavy atom. The van der Waals surface area contributed by atoms with Gasteiger partial charge < -0.3 is 4.74 Å². The molecule has 2 heterocycles. The highest BCUT2D eigenvalue weighted by atomic mass is 16.5. The van der Waals surface area contributed by atoms with Crippen molar-refractivity contribution in [2.75, 3.05) is 5.32 Å². The number of ether oxygens (including phenoxy) is 1. The van der Waals surface area contributed by atoms with Gasteiger partial charge >= 0.3 is 0 Å². The van der Waals surface area contributed by atoms with Crippen LogP contribution in [0.2, 0.25) is 0 Å². The molecule has 0 spiro atoms. The summed E-state index contributed by atoms with van der Waals surface area (Å²) in [5, 5.41) is 7.20. The van der Waals surface area contributed by atoms with Crippen LogP contribution in [-0.2, 0) is 11.8 Å². The van der Waals surface area contributed by atoms with Crippen LogP contribution < -0.4 is 10.1 Å². The van der Waals surface area contributed by atoms with E-state index in [0.29, 0.717) is 11.8 Å². The minimum atomic E-state index is -0.575. The summed E-state index contributed by atoms with van der Waals surface area (Å²) in [6, 6.07) is 17.4. The normalized spacial score (nSPS) is 18.5. The van der Waals surface area contributed by atoms with Gasteiger partial charge in [-0.15, -0.1) is 5.10 Å². The van der Waals surface area contributed by atoms with Crippen molar-refractivity contribution in [3.8, 4) is 17.1 Å². The second-order valence-electron chi connectivity index (χ2n) is 6.10. The highest BCUT2D eigenvalue weighted by Gasteiger charge is 2.36. The molecule has 3 aromatic rings. The summed E-state index contributed by atoms with van der Waals surface area (Å²) in [7, 11) is 1.75. The number of aryl methyl sites for hydroxylation is 1. The van der Waals surface area contributed by atoms with Gasteiger partial charge in [-0.2, -0.15) is 4.98 Å². The molecule has 0 fully saturated rings. The van der Waals surface area contributed by atoms with Crippen LogP contribution in [0, 0.1) is 0 Å². The molecule has 0 aliphatic carbocycles. The molecule has 25 heavy (non-hydrogen) atoms. The Hall–Kier alpha value is -3.15. The Morgan fingerprint density at radius 1 is 1.12 bits per heavy atom. The number of fused-ring (bicyclic) bond motifs is 1. The number of amides is 1. The molecular weight excluding hydrogens is 316 g/mol. The SMILES string of the molecule is C[C@@H]1c2ccccc2O[C@H]1C(=O)Nc1nc(-c2ccccc2)nn1C. The van der Waals surface area contributed by atoms with Crippen LogP contribution in [0.3, 0.4) is 0 Å². The lowest BCUT2D eigenvalue weighted by Crippen LogP contribution is -2.34. The monoisotopic (exact) mass is 334 g/mol. The summed E-state index contributed by atoms with van der Waals surface area (Å²) in [5.74, 6) is 1.49. The van der Waals surface area contributed by atoms with Gasteiger partial charge in [-0.3, -0.25) is 10.1 Å². The van der Waals surface area contributed by atoms with E-state index in [2.05, 4.69) is 15.4 Å². The smallest absolute Gasteiger partial charge is 0.268 e. The zero-order valence-corrected chi connectivity index (χ0v) is 14.0. The molecule has 0 saturated heterocycles. The molecule has 0 unspecified atom stereocenters. The van der Waals surface area contributed by atoms with E-state index in [1.54, 1.807) is 11.7 Å².